The molecule has 6 nitrogen and oxygen atoms in total. The summed E-state index contributed by atoms with van der Waals surface area (Å²) in [5.74, 6) is 0.920. The third-order valence-corrected chi connectivity index (χ3v) is 5.07. The molecule has 6 heteroatoms. The van der Waals surface area contributed by atoms with Crippen LogP contribution < -0.4 is 4.74 Å². The number of piperidine rings is 1. The quantitative estimate of drug-likeness (QED) is 0.761. The maximum Gasteiger partial charge on any atom is 0.257 e. The summed E-state index contributed by atoms with van der Waals surface area (Å²) in [5, 5.41) is 3.77. The fourth-order valence-electron chi connectivity index (χ4n) is 3.64. The molecule has 1 amide bonds. The van der Waals surface area contributed by atoms with Gasteiger partial charge in [0.1, 0.15) is 6.26 Å². The second-order valence-corrected chi connectivity index (χ2v) is 6.70. The molecule has 0 spiro atoms. The molecule has 0 bridgehead atoms. The van der Waals surface area contributed by atoms with Crippen molar-refractivity contribution in [1.82, 2.24) is 10.1 Å². The summed E-state index contributed by atoms with van der Waals surface area (Å²) in [6.07, 6.45) is 4.52. The molecule has 0 saturated carbocycles. The lowest BCUT2D eigenvalue weighted by Crippen LogP contribution is -2.47. The molecule has 1 fully saturated rings. The summed E-state index contributed by atoms with van der Waals surface area (Å²) >= 11 is 0. The number of ether oxygens (including phenoxy) is 2. The summed E-state index contributed by atoms with van der Waals surface area (Å²) in [5.41, 5.74) is 2.11. The predicted molar refractivity (Wildman–Crippen MR) is 97.0 cm³/mol. The summed E-state index contributed by atoms with van der Waals surface area (Å²) in [6, 6.07) is 10.4. The SMILES string of the molecule is COc1nocc1CCC(=O)N1CC[C@@H](OC)[C@H](Cc2ccccc2)C1. The van der Waals surface area contributed by atoms with E-state index in [2.05, 4.69) is 29.4 Å². The average Bonchev–Trinajstić information content (AvgIpc) is 3.14. The highest BCUT2D eigenvalue weighted by molar-refractivity contribution is 5.76. The van der Waals surface area contributed by atoms with Crippen LogP contribution in [-0.4, -0.2) is 49.4 Å². The molecule has 26 heavy (non-hydrogen) atoms. The van der Waals surface area contributed by atoms with Gasteiger partial charge < -0.3 is 18.9 Å². The van der Waals surface area contributed by atoms with Gasteiger partial charge in [0.15, 0.2) is 0 Å². The van der Waals surface area contributed by atoms with Crippen LogP contribution in [0.5, 0.6) is 5.88 Å². The first kappa shape index (κ1) is 18.5. The van der Waals surface area contributed by atoms with Crippen molar-refractivity contribution in [2.45, 2.75) is 31.8 Å². The van der Waals surface area contributed by atoms with Crippen molar-refractivity contribution in [1.29, 1.82) is 0 Å². The Hall–Kier alpha value is -2.34. The largest absolute Gasteiger partial charge is 0.479 e. The molecular formula is C20H26N2O4. The maximum atomic E-state index is 12.7. The summed E-state index contributed by atoms with van der Waals surface area (Å²) in [4.78, 5) is 14.6. The zero-order valence-electron chi connectivity index (χ0n) is 15.4. The van der Waals surface area contributed by atoms with Crippen LogP contribution in [0.25, 0.3) is 0 Å². The van der Waals surface area contributed by atoms with Crippen molar-refractivity contribution in [3.8, 4) is 5.88 Å². The van der Waals surface area contributed by atoms with E-state index in [4.69, 9.17) is 14.0 Å². The van der Waals surface area contributed by atoms with Gasteiger partial charge in [-0.2, -0.15) is 0 Å². The number of methoxy groups -OCH3 is 2. The van der Waals surface area contributed by atoms with Gasteiger partial charge in [0.25, 0.3) is 5.88 Å². The highest BCUT2D eigenvalue weighted by atomic mass is 16.5. The van der Waals surface area contributed by atoms with Crippen molar-refractivity contribution in [3.05, 3.63) is 47.7 Å². The molecule has 2 atom stereocenters. The van der Waals surface area contributed by atoms with Crippen LogP contribution in [-0.2, 0) is 22.4 Å². The second kappa shape index (κ2) is 8.85. The normalized spacial score (nSPS) is 20.2. The molecule has 1 saturated heterocycles. The summed E-state index contributed by atoms with van der Waals surface area (Å²) in [7, 11) is 3.31. The van der Waals surface area contributed by atoms with E-state index < -0.39 is 0 Å². The minimum Gasteiger partial charge on any atom is -0.479 e. The Labute approximate surface area is 154 Å². The van der Waals surface area contributed by atoms with Crippen LogP contribution in [0.1, 0.15) is 24.0 Å². The van der Waals surface area contributed by atoms with Crippen molar-refractivity contribution in [2.75, 3.05) is 27.3 Å². The van der Waals surface area contributed by atoms with Crippen LogP contribution >= 0.6 is 0 Å². The van der Waals surface area contributed by atoms with Crippen molar-refractivity contribution < 1.29 is 18.8 Å². The molecule has 1 aromatic carbocycles. The van der Waals surface area contributed by atoms with Crippen LogP contribution in [0.2, 0.25) is 0 Å². The van der Waals surface area contributed by atoms with E-state index in [1.165, 1.54) is 5.56 Å². The van der Waals surface area contributed by atoms with Gasteiger partial charge >= 0.3 is 0 Å². The van der Waals surface area contributed by atoms with Crippen molar-refractivity contribution in [2.24, 2.45) is 5.92 Å². The van der Waals surface area contributed by atoms with Gasteiger partial charge in [0, 0.05) is 32.5 Å². The zero-order chi connectivity index (χ0) is 18.4. The van der Waals surface area contributed by atoms with Crippen LogP contribution in [0.3, 0.4) is 0 Å². The molecule has 1 aliphatic heterocycles. The fraction of sp³-hybridized carbons (Fsp3) is 0.500. The minimum atomic E-state index is 0.154. The standard InChI is InChI=1S/C20H26N2O4/c1-24-18-10-11-22(13-17(18)12-15-6-4-3-5-7-15)19(23)9-8-16-14-26-21-20(16)25-2/h3-7,14,17-18H,8-13H2,1-2H3/t17-,18-/m1/s1. The molecule has 2 aromatic rings. The molecule has 0 aliphatic carbocycles. The molecule has 0 unspecified atom stereocenters. The Bertz CT molecular complexity index is 701. The maximum absolute atomic E-state index is 12.7. The highest BCUT2D eigenvalue weighted by Gasteiger charge is 2.31. The van der Waals surface area contributed by atoms with E-state index in [9.17, 15) is 4.79 Å². The molecule has 0 radical (unpaired) electrons. The topological polar surface area (TPSA) is 64.8 Å². The van der Waals surface area contributed by atoms with Crippen molar-refractivity contribution in [3.63, 3.8) is 0 Å². The van der Waals surface area contributed by atoms with E-state index in [0.717, 1.165) is 31.5 Å². The van der Waals surface area contributed by atoms with Gasteiger partial charge in [-0.25, -0.2) is 0 Å². The third-order valence-electron chi connectivity index (χ3n) is 5.07. The number of rotatable bonds is 7. The second-order valence-electron chi connectivity index (χ2n) is 6.70. The third kappa shape index (κ3) is 4.43. The summed E-state index contributed by atoms with van der Waals surface area (Å²) < 4.78 is 15.7. The molecule has 3 rings (SSSR count). The van der Waals surface area contributed by atoms with Gasteiger partial charge in [-0.15, -0.1) is 0 Å². The number of carbonyl (C=O) groups excluding carboxylic acids is 1. The van der Waals surface area contributed by atoms with Gasteiger partial charge in [0.2, 0.25) is 5.91 Å². The number of benzene rings is 1. The molecule has 0 N–H and O–H groups in total. The first-order valence-electron chi connectivity index (χ1n) is 9.03. The number of hydrogen-bond donors (Lipinski definition) is 0. The van der Waals surface area contributed by atoms with Crippen molar-refractivity contribution >= 4 is 5.91 Å². The first-order valence-corrected chi connectivity index (χ1v) is 9.03. The molecule has 2 heterocycles. The molecule has 1 aliphatic rings. The smallest absolute Gasteiger partial charge is 0.257 e. The predicted octanol–water partition coefficient (Wildman–Crippen LogP) is 2.72. The number of likely N-dealkylation sites (tertiary alicyclic amines) is 1. The number of aryl methyl sites for hydroxylation is 1. The monoisotopic (exact) mass is 358 g/mol. The van der Waals surface area contributed by atoms with Crippen LogP contribution in [0.4, 0.5) is 0 Å². The van der Waals surface area contributed by atoms with Gasteiger partial charge in [-0.1, -0.05) is 30.3 Å². The van der Waals surface area contributed by atoms with Crippen LogP contribution in [0, 0.1) is 5.92 Å². The number of aromatic nitrogens is 1. The van der Waals surface area contributed by atoms with Gasteiger partial charge in [-0.3, -0.25) is 4.79 Å². The highest BCUT2D eigenvalue weighted by Crippen LogP contribution is 2.25. The minimum absolute atomic E-state index is 0.154. The Morgan fingerprint density at radius 1 is 1.31 bits per heavy atom. The molecule has 140 valence electrons. The van der Waals surface area contributed by atoms with E-state index in [1.54, 1.807) is 20.5 Å². The number of hydrogen-bond acceptors (Lipinski definition) is 5. The molecular weight excluding hydrogens is 332 g/mol. The van der Waals surface area contributed by atoms with Gasteiger partial charge in [-0.05, 0) is 30.0 Å². The fourth-order valence-corrected chi connectivity index (χ4v) is 3.64. The Morgan fingerprint density at radius 3 is 2.85 bits per heavy atom. The Morgan fingerprint density at radius 2 is 2.12 bits per heavy atom. The lowest BCUT2D eigenvalue weighted by atomic mass is 9.88. The molecule has 1 aromatic heterocycles. The lowest BCUT2D eigenvalue weighted by molar-refractivity contribution is -0.135. The van der Waals surface area contributed by atoms with E-state index >= 15 is 0 Å². The number of amides is 1. The lowest BCUT2D eigenvalue weighted by Gasteiger charge is -2.38. The first-order chi connectivity index (χ1) is 12.7. The Kier molecular flexibility index (Phi) is 6.28. The number of nitrogens with zero attached hydrogens (tertiary/aromatic N) is 2. The summed E-state index contributed by atoms with van der Waals surface area (Å²) in [6.45, 7) is 1.47. The van der Waals surface area contributed by atoms with E-state index in [1.807, 2.05) is 11.0 Å². The van der Waals surface area contributed by atoms with E-state index in [0.29, 0.717) is 24.6 Å². The van der Waals surface area contributed by atoms with Gasteiger partial charge in [0.05, 0.1) is 18.8 Å². The number of carbonyl (C=O) groups is 1. The van der Waals surface area contributed by atoms with E-state index in [-0.39, 0.29) is 12.0 Å². The van der Waals surface area contributed by atoms with Crippen LogP contribution in [0.15, 0.2) is 41.1 Å². The Balaban J connectivity index is 1.58. The zero-order valence-corrected chi connectivity index (χ0v) is 15.4. The average molecular weight is 358 g/mol.